The topological polar surface area (TPSA) is 93.1 Å². The van der Waals surface area contributed by atoms with Crippen LogP contribution in [0.1, 0.15) is 84.3 Å². The van der Waals surface area contributed by atoms with Crippen LogP contribution in [0.5, 0.6) is 5.75 Å². The summed E-state index contributed by atoms with van der Waals surface area (Å²) in [4.78, 5) is 2.47. The normalized spacial score (nSPS) is 19.4. The predicted molar refractivity (Wildman–Crippen MR) is 198 cm³/mol. The second-order valence-electron chi connectivity index (χ2n) is 13.6. The molecule has 0 radical (unpaired) electrons. The SMILES string of the molecule is CCCCN(CCCC)c1ccc(/C=C/C2=CC(=CC=CC3=C(C#N)C(=C(C#N)C#N)OC3(C)c3ccccc3)CC(C)(C)C2)c(OC)c1. The Bertz CT molecular complexity index is 1790. The van der Waals surface area contributed by atoms with E-state index in [1.165, 1.54) is 42.5 Å². The summed E-state index contributed by atoms with van der Waals surface area (Å²) in [5.74, 6) is 0.891. The number of nitrogens with zero attached hydrogens (tertiary/aromatic N) is 4. The van der Waals surface area contributed by atoms with E-state index < -0.39 is 5.60 Å². The Hall–Kier alpha value is -5.25. The van der Waals surface area contributed by atoms with Crippen LogP contribution in [0.2, 0.25) is 0 Å². The highest BCUT2D eigenvalue weighted by Gasteiger charge is 2.43. The van der Waals surface area contributed by atoms with Crippen molar-refractivity contribution in [1.29, 1.82) is 15.8 Å². The number of nitriles is 3. The highest BCUT2D eigenvalue weighted by atomic mass is 16.5. The van der Waals surface area contributed by atoms with Gasteiger partial charge in [-0.3, -0.25) is 0 Å². The van der Waals surface area contributed by atoms with Crippen LogP contribution in [0.4, 0.5) is 5.69 Å². The number of hydrogen-bond donors (Lipinski definition) is 0. The Morgan fingerprint density at radius 2 is 1.61 bits per heavy atom. The van der Waals surface area contributed by atoms with Gasteiger partial charge in [0.1, 0.15) is 29.5 Å². The summed E-state index contributed by atoms with van der Waals surface area (Å²) in [5.41, 5.74) is 5.06. The van der Waals surface area contributed by atoms with E-state index in [1.54, 1.807) is 7.11 Å². The minimum Gasteiger partial charge on any atom is -0.496 e. The first-order chi connectivity index (χ1) is 23.6. The van der Waals surface area contributed by atoms with Crippen molar-refractivity contribution >= 4 is 11.8 Å². The molecule has 1 unspecified atom stereocenters. The van der Waals surface area contributed by atoms with E-state index in [1.807, 2.05) is 61.5 Å². The van der Waals surface area contributed by atoms with Gasteiger partial charge in [0, 0.05) is 36.0 Å². The predicted octanol–water partition coefficient (Wildman–Crippen LogP) is 10.4. The number of rotatable bonds is 13. The molecule has 4 rings (SSSR count). The Labute approximate surface area is 293 Å². The van der Waals surface area contributed by atoms with Crippen LogP contribution in [-0.4, -0.2) is 20.2 Å². The average molecular weight is 653 g/mol. The van der Waals surface area contributed by atoms with Crippen LogP contribution < -0.4 is 9.64 Å². The van der Waals surface area contributed by atoms with Crippen LogP contribution in [0.3, 0.4) is 0 Å². The zero-order valence-electron chi connectivity index (χ0n) is 29.8. The van der Waals surface area contributed by atoms with Crippen molar-refractivity contribution in [2.75, 3.05) is 25.1 Å². The fourth-order valence-electron chi connectivity index (χ4n) is 6.59. The molecule has 0 N–H and O–H groups in total. The largest absolute Gasteiger partial charge is 0.496 e. The summed E-state index contributed by atoms with van der Waals surface area (Å²) in [7, 11) is 1.74. The molecule has 6 nitrogen and oxygen atoms in total. The maximum Gasteiger partial charge on any atom is 0.172 e. The summed E-state index contributed by atoms with van der Waals surface area (Å²) in [5, 5.41) is 29.3. The van der Waals surface area contributed by atoms with Crippen molar-refractivity contribution < 1.29 is 9.47 Å². The molecule has 0 saturated heterocycles. The summed E-state index contributed by atoms with van der Waals surface area (Å²) >= 11 is 0. The third kappa shape index (κ3) is 8.81. The van der Waals surface area contributed by atoms with Gasteiger partial charge in [-0.15, -0.1) is 0 Å². The lowest BCUT2D eigenvalue weighted by atomic mass is 9.75. The lowest BCUT2D eigenvalue weighted by Gasteiger charge is -2.30. The summed E-state index contributed by atoms with van der Waals surface area (Å²) in [6.07, 6.45) is 19.0. The molecular weight excluding hydrogens is 604 g/mol. The molecule has 252 valence electrons. The minimum absolute atomic E-state index is 0.0235. The lowest BCUT2D eigenvalue weighted by Crippen LogP contribution is -2.25. The molecule has 2 aliphatic rings. The Morgan fingerprint density at radius 1 is 0.918 bits per heavy atom. The maximum absolute atomic E-state index is 10.2. The highest BCUT2D eigenvalue weighted by Crippen LogP contribution is 2.47. The van der Waals surface area contributed by atoms with Gasteiger partial charge in [0.25, 0.3) is 0 Å². The van der Waals surface area contributed by atoms with Crippen LogP contribution in [-0.2, 0) is 10.3 Å². The van der Waals surface area contributed by atoms with Crippen LogP contribution in [0.25, 0.3) is 6.08 Å². The fraction of sp³-hybridized carbons (Fsp3) is 0.372. The number of benzene rings is 2. The number of methoxy groups -OCH3 is 1. The quantitative estimate of drug-likeness (QED) is 0.200. The third-order valence-electron chi connectivity index (χ3n) is 9.14. The van der Waals surface area contributed by atoms with E-state index in [9.17, 15) is 15.8 Å². The van der Waals surface area contributed by atoms with Gasteiger partial charge in [-0.2, -0.15) is 15.8 Å². The van der Waals surface area contributed by atoms with Crippen molar-refractivity contribution in [3.05, 3.63) is 124 Å². The molecule has 0 spiro atoms. The maximum atomic E-state index is 10.2. The summed E-state index contributed by atoms with van der Waals surface area (Å²) in [6, 6.07) is 22.1. The second kappa shape index (κ2) is 16.7. The Kier molecular flexibility index (Phi) is 12.5. The second-order valence-corrected chi connectivity index (χ2v) is 13.6. The first kappa shape index (κ1) is 36.6. The van der Waals surface area contributed by atoms with Gasteiger partial charge in [0.15, 0.2) is 16.9 Å². The van der Waals surface area contributed by atoms with E-state index in [0.29, 0.717) is 5.57 Å². The number of unbranched alkanes of at least 4 members (excludes halogenated alkanes) is 2. The van der Waals surface area contributed by atoms with Gasteiger partial charge in [0.2, 0.25) is 0 Å². The van der Waals surface area contributed by atoms with Gasteiger partial charge in [-0.25, -0.2) is 0 Å². The molecule has 1 atom stereocenters. The summed E-state index contributed by atoms with van der Waals surface area (Å²) in [6.45, 7) is 13.0. The first-order valence-electron chi connectivity index (χ1n) is 17.3. The van der Waals surface area contributed by atoms with Crippen molar-refractivity contribution in [2.24, 2.45) is 5.41 Å². The zero-order chi connectivity index (χ0) is 35.4. The lowest BCUT2D eigenvalue weighted by molar-refractivity contribution is 0.0755. The molecule has 49 heavy (non-hydrogen) atoms. The number of anilines is 1. The molecule has 0 amide bonds. The van der Waals surface area contributed by atoms with Gasteiger partial charge in [-0.1, -0.05) is 107 Å². The third-order valence-corrected chi connectivity index (χ3v) is 9.14. The molecule has 0 saturated carbocycles. The fourth-order valence-corrected chi connectivity index (χ4v) is 6.59. The minimum atomic E-state index is -1.04. The van der Waals surface area contributed by atoms with Crippen molar-refractivity contribution in [1.82, 2.24) is 0 Å². The highest BCUT2D eigenvalue weighted by molar-refractivity contribution is 5.66. The van der Waals surface area contributed by atoms with Crippen molar-refractivity contribution in [3.8, 4) is 24.0 Å². The molecule has 0 bridgehead atoms. The van der Waals surface area contributed by atoms with Crippen molar-refractivity contribution in [2.45, 2.75) is 78.7 Å². The molecular formula is C43H48N4O2. The molecule has 2 aromatic rings. The van der Waals surface area contributed by atoms with Crippen LogP contribution in [0, 0.1) is 39.4 Å². The van der Waals surface area contributed by atoms with Crippen molar-refractivity contribution in [3.63, 3.8) is 0 Å². The monoisotopic (exact) mass is 652 g/mol. The van der Waals surface area contributed by atoms with Crippen LogP contribution in [0.15, 0.2) is 113 Å². The average Bonchev–Trinajstić information content (AvgIpc) is 3.39. The summed E-state index contributed by atoms with van der Waals surface area (Å²) < 4.78 is 12.1. The molecule has 6 heteroatoms. The standard InChI is InChI=1S/C43H48N4O2/c1-7-9-23-47(24-10-8-2)37-22-21-34(40(26-37)48-6)20-19-33-25-32(27-42(3,4)28-33)15-14-18-39-38(31-46)41(35(29-44)30-45)49-43(39,5)36-16-12-11-13-17-36/h11-22,25-26H,7-10,23-24,27-28H2,1-6H3/b18-14?,20-19+,32-15?. The van der Waals surface area contributed by atoms with Gasteiger partial charge < -0.3 is 14.4 Å². The van der Waals surface area contributed by atoms with E-state index in [4.69, 9.17) is 9.47 Å². The van der Waals surface area contributed by atoms with E-state index >= 15 is 0 Å². The van der Waals surface area contributed by atoms with Crippen LogP contribution >= 0.6 is 0 Å². The molecule has 2 aromatic carbocycles. The molecule has 0 fully saturated rings. The van der Waals surface area contributed by atoms with E-state index in [0.717, 1.165) is 42.8 Å². The number of hydrogen-bond acceptors (Lipinski definition) is 6. The molecule has 1 aliphatic heterocycles. The van der Waals surface area contributed by atoms with Gasteiger partial charge >= 0.3 is 0 Å². The Morgan fingerprint density at radius 3 is 2.22 bits per heavy atom. The molecule has 0 aromatic heterocycles. The van der Waals surface area contributed by atoms with Gasteiger partial charge in [-0.05, 0) is 66.9 Å². The molecule has 1 heterocycles. The zero-order valence-corrected chi connectivity index (χ0v) is 29.8. The number of ether oxygens (including phenoxy) is 2. The Balaban J connectivity index is 1.66. The molecule has 1 aliphatic carbocycles. The first-order valence-corrected chi connectivity index (χ1v) is 17.3. The van der Waals surface area contributed by atoms with E-state index in [2.05, 4.69) is 81.2 Å². The number of allylic oxidation sites excluding steroid dienone is 8. The van der Waals surface area contributed by atoms with Gasteiger partial charge in [0.05, 0.1) is 7.11 Å². The smallest absolute Gasteiger partial charge is 0.172 e. The van der Waals surface area contributed by atoms with E-state index in [-0.39, 0.29) is 22.3 Å².